The molecule has 5 nitrogen and oxygen atoms in total. The first-order chi connectivity index (χ1) is 7.97. The van der Waals surface area contributed by atoms with Crippen molar-refractivity contribution in [1.29, 1.82) is 0 Å². The molecule has 1 unspecified atom stereocenters. The summed E-state index contributed by atoms with van der Waals surface area (Å²) in [5.74, 6) is -0.301. The third kappa shape index (κ3) is 2.53. The third-order valence-electron chi connectivity index (χ3n) is 2.22. The van der Waals surface area contributed by atoms with E-state index >= 15 is 0 Å². The van der Waals surface area contributed by atoms with E-state index in [4.69, 9.17) is 11.6 Å². The van der Waals surface area contributed by atoms with Crippen LogP contribution in [0.5, 0.6) is 0 Å². The van der Waals surface area contributed by atoms with E-state index in [1.165, 1.54) is 0 Å². The van der Waals surface area contributed by atoms with Crippen molar-refractivity contribution in [3.8, 4) is 0 Å². The van der Waals surface area contributed by atoms with Crippen LogP contribution >= 0.6 is 27.5 Å². The minimum absolute atomic E-state index is 0.291. The fourth-order valence-electron chi connectivity index (χ4n) is 1.38. The van der Waals surface area contributed by atoms with Gasteiger partial charge in [0, 0.05) is 4.47 Å². The highest BCUT2D eigenvalue weighted by Gasteiger charge is 2.12. The molecule has 1 aromatic carbocycles. The van der Waals surface area contributed by atoms with Gasteiger partial charge in [-0.15, -0.1) is 11.6 Å². The van der Waals surface area contributed by atoms with Crippen molar-refractivity contribution < 1.29 is 4.79 Å². The fraction of sp³-hybridized carbons (Fsp3) is 0.200. The summed E-state index contributed by atoms with van der Waals surface area (Å²) in [7, 11) is 0. The molecule has 1 heterocycles. The summed E-state index contributed by atoms with van der Waals surface area (Å²) >= 11 is 8.97. The molecule has 0 radical (unpaired) electrons. The molecule has 17 heavy (non-hydrogen) atoms. The van der Waals surface area contributed by atoms with Crippen molar-refractivity contribution in [2.45, 2.75) is 12.3 Å². The Kier molecular flexibility index (Phi) is 3.26. The fourth-order valence-corrected chi connectivity index (χ4v) is 1.88. The number of aromatic amines is 2. The summed E-state index contributed by atoms with van der Waals surface area (Å²) in [5, 5.41) is 2.04. The maximum Gasteiger partial charge on any atom is 0.323 e. The van der Waals surface area contributed by atoms with E-state index in [1.54, 1.807) is 19.1 Å². The van der Waals surface area contributed by atoms with Crippen LogP contribution in [0.25, 0.3) is 11.0 Å². The number of benzene rings is 1. The van der Waals surface area contributed by atoms with E-state index in [2.05, 4.69) is 31.2 Å². The van der Waals surface area contributed by atoms with Gasteiger partial charge < -0.3 is 15.3 Å². The minimum atomic E-state index is -0.622. The molecule has 1 amide bonds. The second-order valence-electron chi connectivity index (χ2n) is 3.56. The summed E-state index contributed by atoms with van der Waals surface area (Å²) in [6, 6.07) is 3.37. The van der Waals surface area contributed by atoms with Crippen molar-refractivity contribution in [3.05, 3.63) is 27.1 Å². The predicted molar refractivity (Wildman–Crippen MR) is 70.6 cm³/mol. The van der Waals surface area contributed by atoms with Crippen molar-refractivity contribution in [1.82, 2.24) is 9.97 Å². The van der Waals surface area contributed by atoms with Gasteiger partial charge in [0.1, 0.15) is 5.38 Å². The first kappa shape index (κ1) is 12.2. The molecule has 0 bridgehead atoms. The van der Waals surface area contributed by atoms with E-state index in [-0.39, 0.29) is 11.6 Å². The number of hydrogen-bond donors (Lipinski definition) is 3. The number of carbonyl (C=O) groups is 1. The number of fused-ring (bicyclic) bond motifs is 1. The monoisotopic (exact) mass is 317 g/mol. The number of carbonyl (C=O) groups excluding carboxylic acids is 1. The Morgan fingerprint density at radius 2 is 2.00 bits per heavy atom. The molecule has 2 rings (SSSR count). The molecule has 1 atom stereocenters. The van der Waals surface area contributed by atoms with Crippen molar-refractivity contribution in [2.24, 2.45) is 0 Å². The highest BCUT2D eigenvalue weighted by atomic mass is 79.9. The molecule has 0 spiro atoms. The van der Waals surface area contributed by atoms with Gasteiger partial charge in [-0.2, -0.15) is 0 Å². The summed E-state index contributed by atoms with van der Waals surface area (Å²) in [6.07, 6.45) is 0. The van der Waals surface area contributed by atoms with Gasteiger partial charge in [0.25, 0.3) is 0 Å². The van der Waals surface area contributed by atoms with Gasteiger partial charge in [0.15, 0.2) is 0 Å². The Bertz CT molecular complexity index is 632. The van der Waals surface area contributed by atoms with E-state index in [9.17, 15) is 9.59 Å². The van der Waals surface area contributed by atoms with Crippen LogP contribution in [0.4, 0.5) is 5.69 Å². The average molecular weight is 319 g/mol. The Morgan fingerprint density at radius 3 is 2.59 bits per heavy atom. The zero-order chi connectivity index (χ0) is 12.6. The lowest BCUT2D eigenvalue weighted by molar-refractivity contribution is -0.115. The Morgan fingerprint density at radius 1 is 1.41 bits per heavy atom. The average Bonchev–Trinajstić information content (AvgIpc) is 2.57. The number of anilines is 1. The zero-order valence-electron chi connectivity index (χ0n) is 8.80. The van der Waals surface area contributed by atoms with Crippen LogP contribution in [0.2, 0.25) is 0 Å². The molecule has 0 aliphatic carbocycles. The lowest BCUT2D eigenvalue weighted by Crippen LogP contribution is -2.20. The number of nitrogens with one attached hydrogen (secondary N) is 3. The smallest absolute Gasteiger partial charge is 0.323 e. The number of amides is 1. The molecule has 2 aromatic rings. The van der Waals surface area contributed by atoms with Gasteiger partial charge in [-0.25, -0.2) is 4.79 Å². The van der Waals surface area contributed by atoms with Crippen LogP contribution in [-0.2, 0) is 4.79 Å². The normalized spacial score (nSPS) is 12.6. The Labute approximate surface area is 110 Å². The lowest BCUT2D eigenvalue weighted by atomic mass is 10.2. The summed E-state index contributed by atoms with van der Waals surface area (Å²) in [5.41, 5.74) is 1.56. The quantitative estimate of drug-likeness (QED) is 0.742. The molecular formula is C10H9BrClN3O2. The molecule has 0 saturated heterocycles. The maximum absolute atomic E-state index is 11.5. The number of imidazole rings is 1. The van der Waals surface area contributed by atoms with Crippen molar-refractivity contribution >= 4 is 50.2 Å². The highest BCUT2D eigenvalue weighted by molar-refractivity contribution is 9.10. The predicted octanol–water partition coefficient (Wildman–Crippen LogP) is 2.18. The molecule has 0 aliphatic heterocycles. The summed E-state index contributed by atoms with van der Waals surface area (Å²) in [6.45, 7) is 1.58. The molecule has 7 heteroatoms. The van der Waals surface area contributed by atoms with E-state index in [0.717, 1.165) is 0 Å². The maximum atomic E-state index is 11.5. The SMILES string of the molecule is CC(Cl)C(=O)Nc1cc2[nH]c(=O)[nH]c2cc1Br. The van der Waals surface area contributed by atoms with Gasteiger partial charge in [0.05, 0.1) is 16.7 Å². The van der Waals surface area contributed by atoms with Crippen LogP contribution in [0.3, 0.4) is 0 Å². The minimum Gasteiger partial charge on any atom is -0.324 e. The van der Waals surface area contributed by atoms with Crippen LogP contribution in [-0.4, -0.2) is 21.3 Å². The number of alkyl halides is 1. The number of H-pyrrole nitrogens is 2. The highest BCUT2D eigenvalue weighted by Crippen LogP contribution is 2.26. The van der Waals surface area contributed by atoms with Gasteiger partial charge in [-0.1, -0.05) is 0 Å². The van der Waals surface area contributed by atoms with Gasteiger partial charge in [0.2, 0.25) is 5.91 Å². The molecule has 0 saturated carbocycles. The van der Waals surface area contributed by atoms with Crippen LogP contribution in [0, 0.1) is 0 Å². The van der Waals surface area contributed by atoms with Crippen LogP contribution < -0.4 is 11.0 Å². The largest absolute Gasteiger partial charge is 0.324 e. The molecule has 3 N–H and O–H groups in total. The van der Waals surface area contributed by atoms with Crippen molar-refractivity contribution in [2.75, 3.05) is 5.32 Å². The van der Waals surface area contributed by atoms with E-state index in [0.29, 0.717) is 21.2 Å². The van der Waals surface area contributed by atoms with Gasteiger partial charge in [-0.05, 0) is 35.0 Å². The second-order valence-corrected chi connectivity index (χ2v) is 5.07. The summed E-state index contributed by atoms with van der Waals surface area (Å²) < 4.78 is 0.672. The summed E-state index contributed by atoms with van der Waals surface area (Å²) in [4.78, 5) is 27.8. The number of aromatic nitrogens is 2. The molecular weight excluding hydrogens is 309 g/mol. The van der Waals surface area contributed by atoms with Crippen LogP contribution in [0.1, 0.15) is 6.92 Å². The number of hydrogen-bond acceptors (Lipinski definition) is 2. The van der Waals surface area contributed by atoms with E-state index < -0.39 is 5.38 Å². The topological polar surface area (TPSA) is 77.8 Å². The zero-order valence-corrected chi connectivity index (χ0v) is 11.1. The molecule has 0 aliphatic rings. The van der Waals surface area contributed by atoms with E-state index in [1.807, 2.05) is 0 Å². The second kappa shape index (κ2) is 4.54. The van der Waals surface area contributed by atoms with Gasteiger partial charge >= 0.3 is 5.69 Å². The molecule has 1 aromatic heterocycles. The third-order valence-corrected chi connectivity index (χ3v) is 3.08. The Hall–Kier alpha value is -1.27. The first-order valence-electron chi connectivity index (χ1n) is 4.84. The van der Waals surface area contributed by atoms with Crippen molar-refractivity contribution in [3.63, 3.8) is 0 Å². The standard InChI is InChI=1S/C10H9BrClN3O2/c1-4(12)9(16)13-6-3-8-7(2-5(6)11)14-10(17)15-8/h2-4H,1H3,(H,13,16)(H2,14,15,17). The number of rotatable bonds is 2. The van der Waals surface area contributed by atoms with Gasteiger partial charge in [-0.3, -0.25) is 4.79 Å². The lowest BCUT2D eigenvalue weighted by Gasteiger charge is -2.08. The molecule has 0 fully saturated rings. The molecule has 90 valence electrons. The first-order valence-corrected chi connectivity index (χ1v) is 6.07. The van der Waals surface area contributed by atoms with Crippen LogP contribution in [0.15, 0.2) is 21.4 Å². The number of halogens is 2. The Balaban J connectivity index is 2.43.